The molecule has 4 rings (SSSR count). The molecule has 1 aromatic carbocycles. The SMILES string of the molecule is O=C(NOCC1CC1)c1cn(CC2CCCCC2)c(=O)c(F)c1Nc1ccc(Br)cc1F. The second-order valence-electron chi connectivity index (χ2n) is 8.63. The van der Waals surface area contributed by atoms with Crippen LogP contribution in [0.2, 0.25) is 0 Å². The molecule has 1 heterocycles. The molecule has 0 spiro atoms. The number of benzene rings is 1. The molecule has 0 atom stereocenters. The van der Waals surface area contributed by atoms with Crippen LogP contribution in [-0.2, 0) is 11.4 Å². The van der Waals surface area contributed by atoms with Crippen molar-refractivity contribution >= 4 is 33.2 Å². The van der Waals surface area contributed by atoms with E-state index in [1.54, 1.807) is 6.07 Å². The standard InChI is InChI=1S/C23H26BrF2N3O3/c24-16-8-9-19(18(25)10-16)27-21-17(22(30)28-32-13-15-6-7-15)12-29(23(31)20(21)26)11-14-4-2-1-3-5-14/h8-10,12,14-15,27H,1-7,11,13H2,(H,28,30). The summed E-state index contributed by atoms with van der Waals surface area (Å²) in [6.07, 6.45) is 8.68. The average Bonchev–Trinajstić information content (AvgIpc) is 3.60. The molecule has 0 unspecified atom stereocenters. The molecule has 172 valence electrons. The van der Waals surface area contributed by atoms with Crippen molar-refractivity contribution < 1.29 is 18.4 Å². The summed E-state index contributed by atoms with van der Waals surface area (Å²) in [6.45, 7) is 0.714. The largest absolute Gasteiger partial charge is 0.350 e. The molecule has 6 nitrogen and oxygen atoms in total. The topological polar surface area (TPSA) is 72.4 Å². The Morgan fingerprint density at radius 3 is 2.56 bits per heavy atom. The molecule has 0 radical (unpaired) electrons. The van der Waals surface area contributed by atoms with Gasteiger partial charge in [0.2, 0.25) is 5.82 Å². The zero-order valence-corrected chi connectivity index (χ0v) is 19.2. The number of carbonyl (C=O) groups excluding carboxylic acids is 1. The van der Waals surface area contributed by atoms with Crippen molar-refractivity contribution in [2.75, 3.05) is 11.9 Å². The highest BCUT2D eigenvalue weighted by molar-refractivity contribution is 9.10. The van der Waals surface area contributed by atoms with Gasteiger partial charge in [-0.2, -0.15) is 4.39 Å². The third-order valence-corrected chi connectivity index (χ3v) is 6.51. The molecule has 2 aromatic rings. The lowest BCUT2D eigenvalue weighted by molar-refractivity contribution is 0.0270. The highest BCUT2D eigenvalue weighted by atomic mass is 79.9. The molecular weight excluding hydrogens is 484 g/mol. The van der Waals surface area contributed by atoms with E-state index >= 15 is 4.39 Å². The summed E-state index contributed by atoms with van der Waals surface area (Å²) in [7, 11) is 0. The number of pyridine rings is 1. The van der Waals surface area contributed by atoms with Crippen LogP contribution in [0.25, 0.3) is 0 Å². The Balaban J connectivity index is 1.65. The van der Waals surface area contributed by atoms with Gasteiger partial charge in [0, 0.05) is 17.2 Å². The van der Waals surface area contributed by atoms with Crippen molar-refractivity contribution in [2.24, 2.45) is 11.8 Å². The van der Waals surface area contributed by atoms with Crippen molar-refractivity contribution in [2.45, 2.75) is 51.5 Å². The zero-order chi connectivity index (χ0) is 22.7. The normalized spacial score (nSPS) is 16.7. The van der Waals surface area contributed by atoms with Gasteiger partial charge in [-0.1, -0.05) is 35.2 Å². The monoisotopic (exact) mass is 509 g/mol. The number of hydrogen-bond acceptors (Lipinski definition) is 4. The summed E-state index contributed by atoms with van der Waals surface area (Å²) < 4.78 is 31.4. The quantitative estimate of drug-likeness (QED) is 0.474. The van der Waals surface area contributed by atoms with Crippen LogP contribution < -0.4 is 16.4 Å². The maximum atomic E-state index is 15.2. The van der Waals surface area contributed by atoms with E-state index in [0.717, 1.165) is 44.9 Å². The minimum Gasteiger partial charge on any atom is -0.350 e. The van der Waals surface area contributed by atoms with Crippen molar-refractivity contribution in [1.82, 2.24) is 10.0 Å². The van der Waals surface area contributed by atoms with Crippen LogP contribution in [0.15, 0.2) is 33.7 Å². The predicted octanol–water partition coefficient (Wildman–Crippen LogP) is 5.28. The predicted molar refractivity (Wildman–Crippen MR) is 121 cm³/mol. The Morgan fingerprint density at radius 2 is 1.88 bits per heavy atom. The van der Waals surface area contributed by atoms with Gasteiger partial charge in [-0.3, -0.25) is 14.4 Å². The van der Waals surface area contributed by atoms with E-state index in [9.17, 15) is 14.0 Å². The summed E-state index contributed by atoms with van der Waals surface area (Å²) in [5.74, 6) is -1.80. The third kappa shape index (κ3) is 5.56. The van der Waals surface area contributed by atoms with E-state index in [0.29, 0.717) is 23.5 Å². The first-order chi connectivity index (χ1) is 15.4. The fourth-order valence-corrected chi connectivity index (χ4v) is 4.33. The molecule has 2 saturated carbocycles. The molecule has 9 heteroatoms. The van der Waals surface area contributed by atoms with Crippen LogP contribution in [0.1, 0.15) is 55.3 Å². The van der Waals surface area contributed by atoms with Crippen molar-refractivity contribution in [3.05, 3.63) is 56.4 Å². The van der Waals surface area contributed by atoms with Gasteiger partial charge in [0.25, 0.3) is 11.5 Å². The van der Waals surface area contributed by atoms with Crippen LogP contribution in [0.3, 0.4) is 0 Å². The second-order valence-corrected chi connectivity index (χ2v) is 9.54. The molecule has 0 aliphatic heterocycles. The minimum atomic E-state index is -1.13. The second kappa shape index (κ2) is 10.1. The van der Waals surface area contributed by atoms with E-state index in [-0.39, 0.29) is 22.9 Å². The minimum absolute atomic E-state index is 0.0514. The Bertz CT molecular complexity index is 1050. The van der Waals surface area contributed by atoms with Crippen LogP contribution in [0.4, 0.5) is 20.2 Å². The molecule has 0 saturated heterocycles. The van der Waals surface area contributed by atoms with Gasteiger partial charge in [0.05, 0.1) is 23.5 Å². The number of hydrogen-bond donors (Lipinski definition) is 2. The lowest BCUT2D eigenvalue weighted by atomic mass is 9.89. The number of nitrogens with one attached hydrogen (secondary N) is 2. The van der Waals surface area contributed by atoms with E-state index in [2.05, 4.69) is 26.7 Å². The maximum absolute atomic E-state index is 15.2. The number of halogens is 3. The first-order valence-corrected chi connectivity index (χ1v) is 11.8. The van der Waals surface area contributed by atoms with E-state index in [1.807, 2.05) is 0 Å². The van der Waals surface area contributed by atoms with E-state index in [4.69, 9.17) is 4.84 Å². The summed E-state index contributed by atoms with van der Waals surface area (Å²) >= 11 is 3.17. The summed E-state index contributed by atoms with van der Waals surface area (Å²) in [5.41, 5.74) is 0.956. The Labute approximate surface area is 193 Å². The number of carbonyl (C=O) groups is 1. The first-order valence-electron chi connectivity index (χ1n) is 11.0. The average molecular weight is 510 g/mol. The van der Waals surface area contributed by atoms with Gasteiger partial charge in [-0.05, 0) is 55.7 Å². The smallest absolute Gasteiger partial charge is 0.288 e. The third-order valence-electron chi connectivity index (χ3n) is 6.02. The Morgan fingerprint density at radius 1 is 1.12 bits per heavy atom. The highest BCUT2D eigenvalue weighted by Gasteiger charge is 2.25. The molecule has 2 aliphatic carbocycles. The molecular formula is C23H26BrF2N3O3. The van der Waals surface area contributed by atoms with E-state index < -0.39 is 23.1 Å². The highest BCUT2D eigenvalue weighted by Crippen LogP contribution is 2.30. The van der Waals surface area contributed by atoms with Crippen molar-refractivity contribution in [1.29, 1.82) is 0 Å². The fraction of sp³-hybridized carbons (Fsp3) is 0.478. The van der Waals surface area contributed by atoms with Crippen LogP contribution in [-0.4, -0.2) is 17.1 Å². The van der Waals surface area contributed by atoms with Crippen LogP contribution >= 0.6 is 15.9 Å². The summed E-state index contributed by atoms with van der Waals surface area (Å²) in [6, 6.07) is 4.19. The summed E-state index contributed by atoms with van der Waals surface area (Å²) in [5, 5.41) is 2.60. The molecule has 32 heavy (non-hydrogen) atoms. The number of amides is 1. The number of rotatable bonds is 8. The van der Waals surface area contributed by atoms with Gasteiger partial charge in [-0.15, -0.1) is 0 Å². The molecule has 2 fully saturated rings. The van der Waals surface area contributed by atoms with Crippen molar-refractivity contribution in [3.63, 3.8) is 0 Å². The number of nitrogens with zero attached hydrogens (tertiary/aromatic N) is 1. The van der Waals surface area contributed by atoms with Gasteiger partial charge >= 0.3 is 0 Å². The maximum Gasteiger partial charge on any atom is 0.288 e. The molecule has 0 bridgehead atoms. The Kier molecular flexibility index (Phi) is 7.25. The van der Waals surface area contributed by atoms with Gasteiger partial charge in [-0.25, -0.2) is 9.87 Å². The first kappa shape index (κ1) is 22.9. The lowest BCUT2D eigenvalue weighted by Gasteiger charge is -2.23. The Hall–Kier alpha value is -2.26. The van der Waals surface area contributed by atoms with Crippen LogP contribution in [0, 0.1) is 23.5 Å². The number of anilines is 2. The fourth-order valence-electron chi connectivity index (χ4n) is 4.00. The molecule has 1 amide bonds. The van der Waals surface area contributed by atoms with E-state index in [1.165, 1.54) is 22.9 Å². The van der Waals surface area contributed by atoms with Crippen molar-refractivity contribution in [3.8, 4) is 0 Å². The molecule has 2 N–H and O–H groups in total. The van der Waals surface area contributed by atoms with Gasteiger partial charge < -0.3 is 9.88 Å². The molecule has 1 aromatic heterocycles. The molecule has 2 aliphatic rings. The number of hydroxylamine groups is 1. The van der Waals surface area contributed by atoms with Gasteiger partial charge in [0.15, 0.2) is 0 Å². The summed E-state index contributed by atoms with van der Waals surface area (Å²) in [4.78, 5) is 30.9. The lowest BCUT2D eigenvalue weighted by Crippen LogP contribution is -2.32. The number of aromatic nitrogens is 1. The van der Waals surface area contributed by atoms with Crippen LogP contribution in [0.5, 0.6) is 0 Å². The van der Waals surface area contributed by atoms with Gasteiger partial charge in [0.1, 0.15) is 5.82 Å². The zero-order valence-electron chi connectivity index (χ0n) is 17.6.